The molecule has 0 amide bonds. The van der Waals surface area contributed by atoms with E-state index in [9.17, 15) is 4.91 Å². The molecule has 1 aliphatic carbocycles. The first kappa shape index (κ1) is 8.88. The van der Waals surface area contributed by atoms with Crippen LogP contribution in [0.25, 0.3) is 0 Å². The number of nitrogens with zero attached hydrogens (tertiary/aromatic N) is 4. The number of nitriles is 1. The van der Waals surface area contributed by atoms with Gasteiger partial charge >= 0.3 is 0 Å². The summed E-state index contributed by atoms with van der Waals surface area (Å²) in [5.74, 6) is 0.150. The van der Waals surface area contributed by atoms with Crippen LogP contribution in [0.3, 0.4) is 0 Å². The predicted molar refractivity (Wildman–Crippen MR) is 49.8 cm³/mol. The molecule has 0 bridgehead atoms. The topological polar surface area (TPSA) is 71.0 Å². The fourth-order valence-corrected chi connectivity index (χ4v) is 1.66. The van der Waals surface area contributed by atoms with Gasteiger partial charge in [0.2, 0.25) is 0 Å². The fourth-order valence-electron chi connectivity index (χ4n) is 1.66. The maximum Gasteiger partial charge on any atom is 0.148 e. The van der Waals surface area contributed by atoms with Gasteiger partial charge in [0.05, 0.1) is 29.9 Å². The number of hydrogen-bond acceptors (Lipinski definition) is 4. The molecular weight excluding hydrogens is 180 g/mol. The zero-order valence-corrected chi connectivity index (χ0v) is 7.84. The van der Waals surface area contributed by atoms with Gasteiger partial charge in [-0.15, -0.1) is 4.91 Å². The van der Waals surface area contributed by atoms with Crippen LogP contribution in [0.4, 0.5) is 5.69 Å². The highest BCUT2D eigenvalue weighted by Crippen LogP contribution is 2.37. The quantitative estimate of drug-likeness (QED) is 0.670. The Morgan fingerprint density at radius 2 is 2.43 bits per heavy atom. The molecule has 0 N–H and O–H groups in total. The van der Waals surface area contributed by atoms with E-state index in [1.165, 1.54) is 0 Å². The van der Waals surface area contributed by atoms with Crippen LogP contribution in [0, 0.1) is 29.1 Å². The van der Waals surface area contributed by atoms with Gasteiger partial charge in [-0.05, 0) is 24.9 Å². The summed E-state index contributed by atoms with van der Waals surface area (Å²) in [4.78, 5) is 10.3. The third kappa shape index (κ3) is 1.29. The fraction of sp³-hybridized carbons (Fsp3) is 0.556. The highest BCUT2D eigenvalue weighted by atomic mass is 16.3. The smallest absolute Gasteiger partial charge is 0.148 e. The second-order valence-corrected chi connectivity index (χ2v) is 3.62. The first-order chi connectivity index (χ1) is 6.74. The van der Waals surface area contributed by atoms with E-state index in [2.05, 4.69) is 16.3 Å². The van der Waals surface area contributed by atoms with Crippen LogP contribution in [0.1, 0.15) is 24.6 Å². The second kappa shape index (κ2) is 3.22. The molecule has 0 atom stereocenters. The maximum atomic E-state index is 10.3. The van der Waals surface area contributed by atoms with Crippen molar-refractivity contribution in [1.29, 1.82) is 5.26 Å². The zero-order valence-electron chi connectivity index (χ0n) is 7.84. The van der Waals surface area contributed by atoms with E-state index in [1.54, 1.807) is 17.8 Å². The van der Waals surface area contributed by atoms with E-state index in [-0.39, 0.29) is 12.0 Å². The van der Waals surface area contributed by atoms with Crippen molar-refractivity contribution in [2.45, 2.75) is 25.8 Å². The number of rotatable bonds is 2. The summed E-state index contributed by atoms with van der Waals surface area (Å²) in [7, 11) is 0. The predicted octanol–water partition coefficient (Wildman–Crippen LogP) is 2.06. The molecule has 1 saturated carbocycles. The lowest BCUT2D eigenvalue weighted by Gasteiger charge is -2.30. The molecule has 2 rings (SSSR count). The molecule has 1 aliphatic rings. The molecule has 0 aromatic carbocycles. The largest absolute Gasteiger partial charge is 0.267 e. The van der Waals surface area contributed by atoms with E-state index in [1.807, 2.05) is 0 Å². The molecule has 5 nitrogen and oxygen atoms in total. The van der Waals surface area contributed by atoms with Crippen molar-refractivity contribution in [2.24, 2.45) is 11.1 Å². The molecule has 1 fully saturated rings. The molecule has 0 aliphatic heterocycles. The van der Waals surface area contributed by atoms with Crippen LogP contribution in [0.5, 0.6) is 0 Å². The van der Waals surface area contributed by atoms with Crippen LogP contribution >= 0.6 is 0 Å². The first-order valence-corrected chi connectivity index (χ1v) is 4.53. The summed E-state index contributed by atoms with van der Waals surface area (Å²) in [6, 6.07) is 2.48. The first-order valence-electron chi connectivity index (χ1n) is 4.53. The van der Waals surface area contributed by atoms with Crippen molar-refractivity contribution in [3.63, 3.8) is 0 Å². The van der Waals surface area contributed by atoms with Gasteiger partial charge in [-0.25, -0.2) is 0 Å². The van der Waals surface area contributed by atoms with Gasteiger partial charge in [0.1, 0.15) is 5.69 Å². The van der Waals surface area contributed by atoms with E-state index in [0.717, 1.165) is 12.8 Å². The third-order valence-electron chi connectivity index (χ3n) is 2.66. The minimum absolute atomic E-state index is 0.150. The van der Waals surface area contributed by atoms with Gasteiger partial charge < -0.3 is 0 Å². The average molecular weight is 190 g/mol. The normalized spacial score (nSPS) is 25.1. The lowest BCUT2D eigenvalue weighted by molar-refractivity contribution is 0.229. The highest BCUT2D eigenvalue weighted by Gasteiger charge is 2.31. The summed E-state index contributed by atoms with van der Waals surface area (Å²) in [5, 5.41) is 15.7. The number of nitroso groups, excluding NO2 is 1. The van der Waals surface area contributed by atoms with Gasteiger partial charge in [0, 0.05) is 0 Å². The van der Waals surface area contributed by atoms with Gasteiger partial charge in [-0.3, -0.25) is 4.68 Å². The van der Waals surface area contributed by atoms with Gasteiger partial charge in [-0.2, -0.15) is 10.4 Å². The minimum atomic E-state index is 0.150. The molecule has 14 heavy (non-hydrogen) atoms. The summed E-state index contributed by atoms with van der Waals surface area (Å²) >= 11 is 0. The lowest BCUT2D eigenvalue weighted by Crippen LogP contribution is -2.26. The molecule has 72 valence electrons. The second-order valence-electron chi connectivity index (χ2n) is 3.62. The molecule has 0 unspecified atom stereocenters. The highest BCUT2D eigenvalue weighted by molar-refractivity contribution is 5.38. The van der Waals surface area contributed by atoms with E-state index < -0.39 is 0 Å². The summed E-state index contributed by atoms with van der Waals surface area (Å²) in [6.07, 6.45) is 3.31. The van der Waals surface area contributed by atoms with E-state index in [4.69, 9.17) is 5.26 Å². The van der Waals surface area contributed by atoms with Crippen molar-refractivity contribution < 1.29 is 0 Å². The molecule has 1 heterocycles. The van der Waals surface area contributed by atoms with Crippen molar-refractivity contribution >= 4 is 5.69 Å². The summed E-state index contributed by atoms with van der Waals surface area (Å²) in [5.41, 5.74) is 1.05. The number of hydrogen-bond donors (Lipinski definition) is 0. The lowest BCUT2D eigenvalue weighted by atomic mass is 9.81. The Hall–Kier alpha value is -1.70. The monoisotopic (exact) mass is 190 g/mol. The SMILES string of the molecule is Cc1nn(C2CC(C#N)C2)cc1N=O. The molecule has 0 spiro atoms. The summed E-state index contributed by atoms with van der Waals surface area (Å²) in [6.45, 7) is 1.76. The Morgan fingerprint density at radius 3 is 2.93 bits per heavy atom. The number of aryl methyl sites for hydroxylation is 1. The van der Waals surface area contributed by atoms with E-state index >= 15 is 0 Å². The van der Waals surface area contributed by atoms with Crippen LogP contribution < -0.4 is 0 Å². The molecule has 0 saturated heterocycles. The Balaban J connectivity index is 2.12. The van der Waals surface area contributed by atoms with Crippen LogP contribution in [0.2, 0.25) is 0 Å². The third-order valence-corrected chi connectivity index (χ3v) is 2.66. The Bertz CT molecular complexity index is 397. The standard InChI is InChI=1S/C9H10N4O/c1-6-9(12-14)5-13(11-6)8-2-7(3-8)4-10/h5,7-8H,2-3H2,1H3. The van der Waals surface area contributed by atoms with Crippen LogP contribution in [-0.4, -0.2) is 9.78 Å². The molecule has 1 aromatic heterocycles. The van der Waals surface area contributed by atoms with Crippen molar-refractivity contribution in [2.75, 3.05) is 0 Å². The molecule has 5 heteroatoms. The summed E-state index contributed by atoms with van der Waals surface area (Å²) < 4.78 is 1.75. The van der Waals surface area contributed by atoms with Crippen LogP contribution in [-0.2, 0) is 0 Å². The minimum Gasteiger partial charge on any atom is -0.267 e. The number of aromatic nitrogens is 2. The molecule has 0 radical (unpaired) electrons. The van der Waals surface area contributed by atoms with Crippen molar-refractivity contribution in [3.05, 3.63) is 16.8 Å². The Kier molecular flexibility index (Phi) is 2.04. The Morgan fingerprint density at radius 1 is 1.71 bits per heavy atom. The van der Waals surface area contributed by atoms with E-state index in [0.29, 0.717) is 11.4 Å². The Labute approximate surface area is 81.3 Å². The van der Waals surface area contributed by atoms with Crippen LogP contribution in [0.15, 0.2) is 11.4 Å². The van der Waals surface area contributed by atoms with Gasteiger partial charge in [-0.1, -0.05) is 0 Å². The zero-order chi connectivity index (χ0) is 10.1. The molecular formula is C9H10N4O. The van der Waals surface area contributed by atoms with Gasteiger partial charge in [0.15, 0.2) is 0 Å². The average Bonchev–Trinajstić information content (AvgIpc) is 2.45. The van der Waals surface area contributed by atoms with Crippen molar-refractivity contribution in [1.82, 2.24) is 9.78 Å². The van der Waals surface area contributed by atoms with Gasteiger partial charge in [0.25, 0.3) is 0 Å². The maximum absolute atomic E-state index is 10.3. The molecule has 1 aromatic rings. The van der Waals surface area contributed by atoms with Crippen molar-refractivity contribution in [3.8, 4) is 6.07 Å².